The number of aromatic nitrogens is 2. The van der Waals surface area contributed by atoms with Gasteiger partial charge in [-0.3, -0.25) is 9.97 Å². The first kappa shape index (κ1) is 16.1. The van der Waals surface area contributed by atoms with Crippen molar-refractivity contribution < 1.29 is 10.2 Å². The van der Waals surface area contributed by atoms with Crippen molar-refractivity contribution in [2.45, 2.75) is 12.8 Å². The van der Waals surface area contributed by atoms with Crippen LogP contribution in [0.3, 0.4) is 0 Å². The van der Waals surface area contributed by atoms with Crippen molar-refractivity contribution in [2.24, 2.45) is 0 Å². The molecule has 4 nitrogen and oxygen atoms in total. The summed E-state index contributed by atoms with van der Waals surface area (Å²) in [5.74, 6) is 0.377. The van der Waals surface area contributed by atoms with Gasteiger partial charge in [-0.1, -0.05) is 48.6 Å². The largest absolute Gasteiger partial charge is 0.505 e. The Hall–Kier alpha value is -3.40. The molecule has 2 N–H and O–H groups in total. The SMILES string of the molecule is C=C(Cc1ccc2cccnc2c1O)Cc1ccc2cccnc2c1O. The predicted octanol–water partition coefficient (Wildman–Crippen LogP) is 4.54. The number of hydrogen-bond donors (Lipinski definition) is 2. The zero-order chi connectivity index (χ0) is 18.1. The summed E-state index contributed by atoms with van der Waals surface area (Å²) < 4.78 is 0. The monoisotopic (exact) mass is 342 g/mol. The number of nitrogens with zero attached hydrogens (tertiary/aromatic N) is 2. The van der Waals surface area contributed by atoms with Gasteiger partial charge in [0.2, 0.25) is 0 Å². The van der Waals surface area contributed by atoms with E-state index >= 15 is 0 Å². The van der Waals surface area contributed by atoms with Crippen molar-refractivity contribution in [1.82, 2.24) is 9.97 Å². The average Bonchev–Trinajstić information content (AvgIpc) is 2.67. The summed E-state index contributed by atoms with van der Waals surface area (Å²) >= 11 is 0. The number of rotatable bonds is 4. The highest BCUT2D eigenvalue weighted by atomic mass is 16.3. The molecule has 2 aromatic carbocycles. The van der Waals surface area contributed by atoms with Crippen molar-refractivity contribution in [2.75, 3.05) is 0 Å². The summed E-state index contributed by atoms with van der Waals surface area (Å²) in [4.78, 5) is 8.51. The first-order valence-corrected chi connectivity index (χ1v) is 8.41. The standard InChI is InChI=1S/C22H18N2O2/c1-14(12-17-8-6-15-4-2-10-23-19(15)21(17)25)13-18-9-7-16-5-3-11-24-20(16)22(18)26/h2-11,25-26H,1,12-13H2. The van der Waals surface area contributed by atoms with E-state index < -0.39 is 0 Å². The van der Waals surface area contributed by atoms with E-state index in [2.05, 4.69) is 16.5 Å². The molecule has 0 bridgehead atoms. The van der Waals surface area contributed by atoms with Gasteiger partial charge in [0.1, 0.15) is 22.5 Å². The summed E-state index contributed by atoms with van der Waals surface area (Å²) in [5.41, 5.74) is 3.63. The molecule has 0 fully saturated rings. The number of fused-ring (bicyclic) bond motifs is 2. The van der Waals surface area contributed by atoms with Crippen molar-refractivity contribution >= 4 is 21.8 Å². The maximum Gasteiger partial charge on any atom is 0.145 e. The molecule has 4 aromatic rings. The van der Waals surface area contributed by atoms with Crippen LogP contribution in [0.25, 0.3) is 21.8 Å². The van der Waals surface area contributed by atoms with Gasteiger partial charge in [0.05, 0.1) is 0 Å². The molecule has 0 unspecified atom stereocenters. The molecule has 2 heterocycles. The van der Waals surface area contributed by atoms with Crippen LogP contribution >= 0.6 is 0 Å². The van der Waals surface area contributed by atoms with Crippen LogP contribution < -0.4 is 0 Å². The molecule has 0 amide bonds. The van der Waals surface area contributed by atoms with E-state index in [0.29, 0.717) is 23.9 Å². The van der Waals surface area contributed by atoms with Gasteiger partial charge in [-0.05, 0) is 25.0 Å². The smallest absolute Gasteiger partial charge is 0.145 e. The molecule has 4 heteroatoms. The minimum atomic E-state index is 0.189. The zero-order valence-electron chi connectivity index (χ0n) is 14.2. The van der Waals surface area contributed by atoms with Crippen LogP contribution in [0.2, 0.25) is 0 Å². The van der Waals surface area contributed by atoms with Crippen molar-refractivity contribution in [1.29, 1.82) is 0 Å². The molecule has 0 radical (unpaired) electrons. The Morgan fingerprint density at radius 2 is 1.19 bits per heavy atom. The molecule has 0 aliphatic heterocycles. The van der Waals surface area contributed by atoms with Crippen LogP contribution in [0.5, 0.6) is 11.5 Å². The molecular weight excluding hydrogens is 324 g/mol. The van der Waals surface area contributed by atoms with E-state index in [-0.39, 0.29) is 11.5 Å². The highest BCUT2D eigenvalue weighted by Gasteiger charge is 2.12. The number of hydrogen-bond acceptors (Lipinski definition) is 4. The second-order valence-corrected chi connectivity index (χ2v) is 6.40. The van der Waals surface area contributed by atoms with Gasteiger partial charge >= 0.3 is 0 Å². The van der Waals surface area contributed by atoms with E-state index in [4.69, 9.17) is 0 Å². The van der Waals surface area contributed by atoms with Gasteiger partial charge in [0, 0.05) is 34.3 Å². The third-order valence-electron chi connectivity index (χ3n) is 4.54. The van der Waals surface area contributed by atoms with Crippen LogP contribution in [0.1, 0.15) is 11.1 Å². The lowest BCUT2D eigenvalue weighted by molar-refractivity contribution is 0.473. The number of allylic oxidation sites excluding steroid dienone is 1. The Bertz CT molecular complexity index is 1050. The minimum Gasteiger partial charge on any atom is -0.505 e. The lowest BCUT2D eigenvalue weighted by Gasteiger charge is -2.11. The molecule has 0 saturated heterocycles. The Morgan fingerprint density at radius 1 is 0.731 bits per heavy atom. The van der Waals surface area contributed by atoms with Gasteiger partial charge in [-0.15, -0.1) is 0 Å². The molecule has 0 atom stereocenters. The van der Waals surface area contributed by atoms with Crippen LogP contribution in [-0.4, -0.2) is 20.2 Å². The average molecular weight is 342 g/mol. The number of phenols is 2. The van der Waals surface area contributed by atoms with Crippen LogP contribution in [0.4, 0.5) is 0 Å². The normalized spacial score (nSPS) is 11.1. The lowest BCUT2D eigenvalue weighted by atomic mass is 9.97. The quantitative estimate of drug-likeness (QED) is 0.535. The van der Waals surface area contributed by atoms with Crippen LogP contribution in [-0.2, 0) is 12.8 Å². The third-order valence-corrected chi connectivity index (χ3v) is 4.54. The maximum absolute atomic E-state index is 10.5. The predicted molar refractivity (Wildman–Crippen MR) is 103 cm³/mol. The van der Waals surface area contributed by atoms with E-state index in [1.165, 1.54) is 0 Å². The van der Waals surface area contributed by atoms with Crippen molar-refractivity contribution in [3.8, 4) is 11.5 Å². The van der Waals surface area contributed by atoms with E-state index in [9.17, 15) is 10.2 Å². The molecule has 2 aromatic heterocycles. The number of phenolic OH excluding ortho intramolecular Hbond substituents is 2. The lowest BCUT2D eigenvalue weighted by Crippen LogP contribution is -1.97. The Morgan fingerprint density at radius 3 is 1.65 bits per heavy atom. The van der Waals surface area contributed by atoms with E-state index in [0.717, 1.165) is 27.5 Å². The first-order valence-electron chi connectivity index (χ1n) is 8.41. The van der Waals surface area contributed by atoms with Gasteiger partial charge in [-0.25, -0.2) is 0 Å². The van der Waals surface area contributed by atoms with Crippen molar-refractivity contribution in [3.63, 3.8) is 0 Å². The van der Waals surface area contributed by atoms with E-state index in [1.807, 2.05) is 48.5 Å². The fraction of sp³-hybridized carbons (Fsp3) is 0.0909. The summed E-state index contributed by atoms with van der Waals surface area (Å²) in [6.45, 7) is 4.12. The summed E-state index contributed by atoms with van der Waals surface area (Å²) in [7, 11) is 0. The van der Waals surface area contributed by atoms with Gasteiger partial charge in [0.15, 0.2) is 0 Å². The summed E-state index contributed by atoms with van der Waals surface area (Å²) in [6, 6.07) is 15.2. The fourth-order valence-electron chi connectivity index (χ4n) is 3.23. The molecule has 4 rings (SSSR count). The maximum atomic E-state index is 10.5. The highest BCUT2D eigenvalue weighted by Crippen LogP contribution is 2.31. The van der Waals surface area contributed by atoms with Crippen molar-refractivity contribution in [3.05, 3.63) is 84.2 Å². The molecule has 26 heavy (non-hydrogen) atoms. The Balaban J connectivity index is 1.60. The second-order valence-electron chi connectivity index (χ2n) is 6.40. The number of pyridine rings is 2. The highest BCUT2D eigenvalue weighted by molar-refractivity contribution is 5.86. The molecule has 0 spiro atoms. The molecule has 0 aliphatic rings. The summed E-state index contributed by atoms with van der Waals surface area (Å²) in [6.07, 6.45) is 4.36. The number of benzene rings is 2. The molecule has 0 aliphatic carbocycles. The fourth-order valence-corrected chi connectivity index (χ4v) is 3.23. The van der Waals surface area contributed by atoms with Gasteiger partial charge < -0.3 is 10.2 Å². The van der Waals surface area contributed by atoms with Crippen LogP contribution in [0.15, 0.2) is 73.1 Å². The molecule has 0 saturated carbocycles. The topological polar surface area (TPSA) is 66.2 Å². The van der Waals surface area contributed by atoms with Crippen LogP contribution in [0, 0.1) is 0 Å². The number of aromatic hydroxyl groups is 2. The van der Waals surface area contributed by atoms with E-state index in [1.54, 1.807) is 12.4 Å². The van der Waals surface area contributed by atoms with Gasteiger partial charge in [0.25, 0.3) is 0 Å². The molecule has 128 valence electrons. The Labute approximate surface area is 151 Å². The summed E-state index contributed by atoms with van der Waals surface area (Å²) in [5, 5.41) is 22.8. The second kappa shape index (κ2) is 6.48. The first-order chi connectivity index (χ1) is 12.6. The third kappa shape index (κ3) is 2.86. The zero-order valence-corrected chi connectivity index (χ0v) is 14.2. The molecular formula is C22H18N2O2. The minimum absolute atomic E-state index is 0.189. The Kier molecular flexibility index (Phi) is 4.01. The van der Waals surface area contributed by atoms with Gasteiger partial charge in [-0.2, -0.15) is 0 Å².